The number of allylic oxidation sites excluding steroid dienone is 3. The summed E-state index contributed by atoms with van der Waals surface area (Å²) in [5.74, 6) is 0. The molecule has 0 atom stereocenters. The molecule has 0 fully saturated rings. The molecule has 37 heavy (non-hydrogen) atoms. The van der Waals surface area contributed by atoms with Crippen molar-refractivity contribution in [2.24, 2.45) is 0 Å². The third-order valence-electron chi connectivity index (χ3n) is 7.42. The van der Waals surface area contributed by atoms with Crippen LogP contribution in [0.3, 0.4) is 0 Å². The van der Waals surface area contributed by atoms with Crippen LogP contribution >= 0.6 is 11.3 Å². The molecule has 6 rings (SSSR count). The summed E-state index contributed by atoms with van der Waals surface area (Å²) in [4.78, 5) is 1.40. The first kappa shape index (κ1) is 25.0. The number of aryl methyl sites for hydroxylation is 2. The van der Waals surface area contributed by atoms with E-state index < -0.39 is 0 Å². The summed E-state index contributed by atoms with van der Waals surface area (Å²) >= 11 is 1.87. The van der Waals surface area contributed by atoms with E-state index in [2.05, 4.69) is 131 Å². The summed E-state index contributed by atoms with van der Waals surface area (Å²) in [6.45, 7) is 15.2. The van der Waals surface area contributed by atoms with Gasteiger partial charge in [0.15, 0.2) is 0 Å². The van der Waals surface area contributed by atoms with Crippen LogP contribution in [0.1, 0.15) is 47.9 Å². The smallest absolute Gasteiger partial charge is 0.0348 e. The summed E-state index contributed by atoms with van der Waals surface area (Å²) in [5, 5.41) is 1.41. The van der Waals surface area contributed by atoms with Crippen molar-refractivity contribution in [3.63, 3.8) is 0 Å². The molecular formula is C36H34S. The Balaban J connectivity index is 0.000000212. The summed E-state index contributed by atoms with van der Waals surface area (Å²) < 4.78 is 1.41. The highest BCUT2D eigenvalue weighted by molar-refractivity contribution is 7.19. The van der Waals surface area contributed by atoms with Gasteiger partial charge in [0.2, 0.25) is 0 Å². The van der Waals surface area contributed by atoms with Crippen LogP contribution in [0.15, 0.2) is 110 Å². The largest absolute Gasteiger partial charge is 0.141 e. The third-order valence-corrected chi connectivity index (χ3v) is 8.44. The van der Waals surface area contributed by atoms with Gasteiger partial charge in [-0.2, -0.15) is 0 Å². The van der Waals surface area contributed by atoms with E-state index in [1.807, 2.05) is 24.3 Å². The zero-order valence-electron chi connectivity index (χ0n) is 22.4. The Hall–Kier alpha value is -3.68. The maximum absolute atomic E-state index is 4.19. The van der Waals surface area contributed by atoms with Gasteiger partial charge in [-0.1, -0.05) is 105 Å². The van der Waals surface area contributed by atoms with Crippen LogP contribution in [-0.2, 0) is 5.41 Å². The van der Waals surface area contributed by atoms with Crippen LogP contribution in [0.4, 0.5) is 0 Å². The van der Waals surface area contributed by atoms with Crippen molar-refractivity contribution in [2.75, 3.05) is 0 Å². The van der Waals surface area contributed by atoms with Crippen molar-refractivity contribution in [2.45, 2.75) is 40.0 Å². The zero-order chi connectivity index (χ0) is 26.2. The van der Waals surface area contributed by atoms with E-state index in [1.54, 1.807) is 0 Å². The van der Waals surface area contributed by atoms with Gasteiger partial charge in [0.05, 0.1) is 0 Å². The minimum Gasteiger partial charge on any atom is -0.141 e. The molecule has 0 bridgehead atoms. The monoisotopic (exact) mass is 498 g/mol. The van der Waals surface area contributed by atoms with E-state index in [-0.39, 0.29) is 5.41 Å². The summed E-state index contributed by atoms with van der Waals surface area (Å²) in [5.41, 5.74) is 11.7. The predicted molar refractivity (Wildman–Crippen MR) is 165 cm³/mol. The van der Waals surface area contributed by atoms with Gasteiger partial charge in [0.25, 0.3) is 0 Å². The van der Waals surface area contributed by atoms with E-state index in [0.717, 1.165) is 5.57 Å². The molecule has 0 saturated heterocycles. The molecule has 0 saturated carbocycles. The highest BCUT2D eigenvalue weighted by Crippen LogP contribution is 2.51. The molecule has 1 heteroatoms. The quantitative estimate of drug-likeness (QED) is 0.217. The fourth-order valence-corrected chi connectivity index (χ4v) is 6.51. The molecule has 1 heterocycles. The number of benzene rings is 4. The average Bonchev–Trinajstić information content (AvgIpc) is 3.40. The van der Waals surface area contributed by atoms with Crippen LogP contribution in [0.2, 0.25) is 0 Å². The lowest BCUT2D eigenvalue weighted by Gasteiger charge is -2.21. The van der Waals surface area contributed by atoms with Gasteiger partial charge in [0, 0.05) is 15.0 Å². The molecule has 1 aliphatic rings. The zero-order valence-corrected chi connectivity index (χ0v) is 23.2. The number of thiophene rings is 1. The first-order valence-electron chi connectivity index (χ1n) is 12.9. The summed E-state index contributed by atoms with van der Waals surface area (Å²) in [7, 11) is 0. The lowest BCUT2D eigenvalue weighted by Crippen LogP contribution is -2.14. The molecule has 0 unspecified atom stereocenters. The molecule has 0 aliphatic heterocycles. The van der Waals surface area contributed by atoms with Crippen LogP contribution in [0, 0.1) is 13.8 Å². The highest BCUT2D eigenvalue weighted by Gasteiger charge is 2.36. The second-order valence-corrected chi connectivity index (χ2v) is 11.6. The van der Waals surface area contributed by atoms with Crippen molar-refractivity contribution < 1.29 is 0 Å². The predicted octanol–water partition coefficient (Wildman–Crippen LogP) is 10.8. The molecule has 4 aromatic carbocycles. The van der Waals surface area contributed by atoms with Gasteiger partial charge >= 0.3 is 0 Å². The molecule has 0 amide bonds. The Morgan fingerprint density at radius 2 is 1.49 bits per heavy atom. The van der Waals surface area contributed by atoms with Crippen molar-refractivity contribution >= 4 is 27.0 Å². The van der Waals surface area contributed by atoms with Crippen molar-refractivity contribution in [3.05, 3.63) is 137 Å². The molecule has 0 radical (unpaired) electrons. The van der Waals surface area contributed by atoms with Crippen molar-refractivity contribution in [3.8, 4) is 22.3 Å². The Morgan fingerprint density at radius 1 is 0.784 bits per heavy atom. The standard InChI is InChI=1S/C26H24.C10H10S/c1-5-10-18(2)19-11-8-12-20(17-19)21-14-9-16-24-25(21)22-13-6-7-15-23(22)26(24,3)4;1-7-4-3-5-10-9(7)6-8(2)11-10/h5-17H,2H2,1,3-4H3;3-6H,1-2H3/b10-5-;. The first-order chi connectivity index (χ1) is 17.8. The minimum atomic E-state index is 0.0358. The summed E-state index contributed by atoms with van der Waals surface area (Å²) in [6.07, 6.45) is 4.10. The van der Waals surface area contributed by atoms with E-state index in [9.17, 15) is 0 Å². The van der Waals surface area contributed by atoms with E-state index >= 15 is 0 Å². The van der Waals surface area contributed by atoms with Crippen LogP contribution in [-0.4, -0.2) is 0 Å². The van der Waals surface area contributed by atoms with Crippen LogP contribution in [0.25, 0.3) is 37.9 Å². The molecule has 0 N–H and O–H groups in total. The van der Waals surface area contributed by atoms with E-state index in [1.165, 1.54) is 59.5 Å². The lowest BCUT2D eigenvalue weighted by molar-refractivity contribution is 0.660. The van der Waals surface area contributed by atoms with Gasteiger partial charge in [-0.05, 0) is 94.4 Å². The topological polar surface area (TPSA) is 0 Å². The Morgan fingerprint density at radius 3 is 2.27 bits per heavy atom. The molecule has 184 valence electrons. The van der Waals surface area contributed by atoms with Crippen molar-refractivity contribution in [1.82, 2.24) is 0 Å². The number of hydrogen-bond acceptors (Lipinski definition) is 1. The van der Waals surface area contributed by atoms with Gasteiger partial charge < -0.3 is 0 Å². The molecule has 0 spiro atoms. The van der Waals surface area contributed by atoms with Gasteiger partial charge in [0.1, 0.15) is 0 Å². The molecular weight excluding hydrogens is 464 g/mol. The van der Waals surface area contributed by atoms with Crippen LogP contribution in [0.5, 0.6) is 0 Å². The maximum atomic E-state index is 4.19. The number of hydrogen-bond donors (Lipinski definition) is 0. The fraction of sp³-hybridized carbons (Fsp3) is 0.167. The van der Waals surface area contributed by atoms with Crippen molar-refractivity contribution in [1.29, 1.82) is 0 Å². The number of rotatable bonds is 3. The Labute approximate surface area is 225 Å². The normalized spacial score (nSPS) is 13.2. The maximum Gasteiger partial charge on any atom is 0.0348 e. The third kappa shape index (κ3) is 4.61. The van der Waals surface area contributed by atoms with E-state index in [0.29, 0.717) is 0 Å². The lowest BCUT2D eigenvalue weighted by atomic mass is 9.82. The minimum absolute atomic E-state index is 0.0358. The average molecular weight is 499 g/mol. The van der Waals surface area contributed by atoms with E-state index in [4.69, 9.17) is 0 Å². The first-order valence-corrected chi connectivity index (χ1v) is 13.7. The Kier molecular flexibility index (Phi) is 6.75. The number of fused-ring (bicyclic) bond motifs is 4. The van der Waals surface area contributed by atoms with Gasteiger partial charge in [-0.15, -0.1) is 11.3 Å². The SMILES string of the molecule is C=C(/C=C\C)c1cccc(-c2cccc3c2-c2ccccc2C3(C)C)c1.Cc1cc2c(C)cccc2s1. The second kappa shape index (κ2) is 10.00. The summed E-state index contributed by atoms with van der Waals surface area (Å²) in [6, 6.07) is 33.0. The molecule has 5 aromatic rings. The van der Waals surface area contributed by atoms with Gasteiger partial charge in [-0.3, -0.25) is 0 Å². The molecule has 0 nitrogen and oxygen atoms in total. The fourth-order valence-electron chi connectivity index (χ4n) is 5.51. The van der Waals surface area contributed by atoms with Crippen LogP contribution < -0.4 is 0 Å². The highest BCUT2D eigenvalue weighted by atomic mass is 32.1. The van der Waals surface area contributed by atoms with Gasteiger partial charge in [-0.25, -0.2) is 0 Å². The molecule has 1 aromatic heterocycles. The second-order valence-electron chi connectivity index (χ2n) is 10.3. The Bertz CT molecular complexity index is 1640. The molecule has 1 aliphatic carbocycles.